The van der Waals surface area contributed by atoms with Crippen LogP contribution in [-0.4, -0.2) is 36.7 Å². The Morgan fingerprint density at radius 2 is 1.73 bits per heavy atom. The fourth-order valence-electron chi connectivity index (χ4n) is 2.44. The lowest BCUT2D eigenvalue weighted by molar-refractivity contribution is -0.142. The zero-order chi connectivity index (χ0) is 18.9. The molecule has 0 unspecified atom stereocenters. The number of hydrogen-bond donors (Lipinski definition) is 2. The Morgan fingerprint density at radius 1 is 1.08 bits per heavy atom. The van der Waals surface area contributed by atoms with Crippen LogP contribution in [0.25, 0.3) is 0 Å². The molecule has 1 amide bonds. The molecule has 0 spiro atoms. The number of ether oxygens (including phenoxy) is 2. The number of esters is 1. The minimum atomic E-state index is -1.19. The quantitative estimate of drug-likeness (QED) is 0.706. The van der Waals surface area contributed by atoms with Gasteiger partial charge in [0.2, 0.25) is 0 Å². The van der Waals surface area contributed by atoms with Crippen LogP contribution in [0.3, 0.4) is 0 Å². The number of nitrogens with one attached hydrogen (secondary N) is 1. The number of benzene rings is 2. The summed E-state index contributed by atoms with van der Waals surface area (Å²) in [6.07, 6.45) is -0.586. The van der Waals surface area contributed by atoms with Crippen LogP contribution in [0.2, 0.25) is 0 Å². The predicted molar refractivity (Wildman–Crippen MR) is 96.7 cm³/mol. The molecule has 2 aromatic rings. The van der Waals surface area contributed by atoms with E-state index in [1.807, 2.05) is 25.1 Å². The highest BCUT2D eigenvalue weighted by molar-refractivity contribution is 5.82. The van der Waals surface area contributed by atoms with E-state index in [0.717, 1.165) is 5.56 Å². The molecule has 2 N–H and O–H groups in total. The van der Waals surface area contributed by atoms with Crippen LogP contribution in [0.5, 0.6) is 5.75 Å². The first-order chi connectivity index (χ1) is 12.5. The zero-order valence-electron chi connectivity index (χ0n) is 14.8. The number of aliphatic hydroxyl groups excluding tert-OH is 1. The van der Waals surface area contributed by atoms with Crippen molar-refractivity contribution in [3.63, 3.8) is 0 Å². The van der Waals surface area contributed by atoms with Gasteiger partial charge >= 0.3 is 5.97 Å². The SMILES string of the molecule is COC(=O)COc1ccc(C[C@@H](C)NC(=O)[C@H](O)c2ccccc2)cc1. The Kier molecular flexibility index (Phi) is 7.17. The molecule has 26 heavy (non-hydrogen) atoms. The zero-order valence-corrected chi connectivity index (χ0v) is 14.8. The van der Waals surface area contributed by atoms with Gasteiger partial charge in [-0.05, 0) is 36.6 Å². The van der Waals surface area contributed by atoms with Crippen molar-refractivity contribution in [2.75, 3.05) is 13.7 Å². The fraction of sp³-hybridized carbons (Fsp3) is 0.300. The third-order valence-electron chi connectivity index (χ3n) is 3.80. The lowest BCUT2D eigenvalue weighted by Gasteiger charge is -2.17. The molecule has 2 atom stereocenters. The van der Waals surface area contributed by atoms with Crippen LogP contribution in [-0.2, 0) is 20.7 Å². The Labute approximate surface area is 152 Å². The Morgan fingerprint density at radius 3 is 2.35 bits per heavy atom. The second-order valence-electron chi connectivity index (χ2n) is 5.94. The summed E-state index contributed by atoms with van der Waals surface area (Å²) in [5, 5.41) is 12.9. The molecule has 0 radical (unpaired) electrons. The van der Waals surface area contributed by atoms with E-state index in [9.17, 15) is 14.7 Å². The van der Waals surface area contributed by atoms with Crippen LogP contribution in [0.1, 0.15) is 24.2 Å². The molecule has 0 aromatic heterocycles. The summed E-state index contributed by atoms with van der Waals surface area (Å²) in [4.78, 5) is 23.2. The van der Waals surface area contributed by atoms with Crippen molar-refractivity contribution in [3.8, 4) is 5.75 Å². The third kappa shape index (κ3) is 5.89. The second kappa shape index (κ2) is 9.58. The van der Waals surface area contributed by atoms with Gasteiger partial charge in [-0.3, -0.25) is 4.79 Å². The van der Waals surface area contributed by atoms with E-state index in [-0.39, 0.29) is 12.6 Å². The van der Waals surface area contributed by atoms with Crippen molar-refractivity contribution in [2.24, 2.45) is 0 Å². The van der Waals surface area contributed by atoms with Gasteiger partial charge in [0.15, 0.2) is 12.7 Å². The Balaban J connectivity index is 1.84. The number of rotatable bonds is 8. The van der Waals surface area contributed by atoms with E-state index in [0.29, 0.717) is 17.7 Å². The van der Waals surface area contributed by atoms with Gasteiger partial charge in [-0.1, -0.05) is 42.5 Å². The van der Waals surface area contributed by atoms with Crippen LogP contribution in [0, 0.1) is 0 Å². The molecule has 0 aliphatic carbocycles. The number of carbonyl (C=O) groups is 2. The average Bonchev–Trinajstić information content (AvgIpc) is 2.67. The smallest absolute Gasteiger partial charge is 0.343 e. The third-order valence-corrected chi connectivity index (χ3v) is 3.80. The summed E-state index contributed by atoms with van der Waals surface area (Å²) in [6.45, 7) is 1.73. The topological polar surface area (TPSA) is 84.9 Å². The molecule has 0 fully saturated rings. The number of methoxy groups -OCH3 is 1. The number of hydrogen-bond acceptors (Lipinski definition) is 5. The van der Waals surface area contributed by atoms with E-state index < -0.39 is 18.0 Å². The minimum Gasteiger partial charge on any atom is -0.482 e. The van der Waals surface area contributed by atoms with E-state index >= 15 is 0 Å². The average molecular weight is 357 g/mol. The predicted octanol–water partition coefficient (Wildman–Crippen LogP) is 2.02. The maximum atomic E-state index is 12.2. The molecular weight excluding hydrogens is 334 g/mol. The van der Waals surface area contributed by atoms with Gasteiger partial charge in [-0.25, -0.2) is 4.79 Å². The summed E-state index contributed by atoms with van der Waals surface area (Å²) < 4.78 is 9.80. The summed E-state index contributed by atoms with van der Waals surface area (Å²) in [7, 11) is 1.30. The molecule has 2 aromatic carbocycles. The first kappa shape index (κ1) is 19.5. The molecular formula is C20H23NO5. The highest BCUT2D eigenvalue weighted by Crippen LogP contribution is 2.15. The van der Waals surface area contributed by atoms with Crippen molar-refractivity contribution < 1.29 is 24.2 Å². The number of amides is 1. The van der Waals surface area contributed by atoms with Crippen LogP contribution in [0.4, 0.5) is 0 Å². The Bertz CT molecular complexity index is 715. The van der Waals surface area contributed by atoms with Crippen molar-refractivity contribution >= 4 is 11.9 Å². The highest BCUT2D eigenvalue weighted by atomic mass is 16.6. The van der Waals surface area contributed by atoms with Crippen LogP contribution >= 0.6 is 0 Å². The molecule has 2 rings (SSSR count). The van der Waals surface area contributed by atoms with Gasteiger partial charge in [0.25, 0.3) is 5.91 Å². The maximum absolute atomic E-state index is 12.2. The van der Waals surface area contributed by atoms with Crippen LogP contribution < -0.4 is 10.1 Å². The van der Waals surface area contributed by atoms with E-state index in [1.54, 1.807) is 36.4 Å². The number of carbonyl (C=O) groups excluding carboxylic acids is 2. The van der Waals surface area contributed by atoms with E-state index in [1.165, 1.54) is 7.11 Å². The van der Waals surface area contributed by atoms with Gasteiger partial charge in [0.05, 0.1) is 7.11 Å². The van der Waals surface area contributed by atoms with E-state index in [4.69, 9.17) is 4.74 Å². The lowest BCUT2D eigenvalue weighted by Crippen LogP contribution is -2.37. The second-order valence-corrected chi connectivity index (χ2v) is 5.94. The molecule has 138 valence electrons. The summed E-state index contributed by atoms with van der Waals surface area (Å²) in [5.41, 5.74) is 1.56. The summed E-state index contributed by atoms with van der Waals surface area (Å²) in [6, 6.07) is 15.9. The number of aliphatic hydroxyl groups is 1. The first-order valence-electron chi connectivity index (χ1n) is 8.31. The minimum absolute atomic E-state index is 0.139. The first-order valence-corrected chi connectivity index (χ1v) is 8.31. The molecule has 0 heterocycles. The molecule has 0 aliphatic heterocycles. The molecule has 0 saturated heterocycles. The van der Waals surface area contributed by atoms with Crippen LogP contribution in [0.15, 0.2) is 54.6 Å². The van der Waals surface area contributed by atoms with Crippen molar-refractivity contribution in [1.82, 2.24) is 5.32 Å². The summed E-state index contributed by atoms with van der Waals surface area (Å²) >= 11 is 0. The van der Waals surface area contributed by atoms with Crippen molar-refractivity contribution in [2.45, 2.75) is 25.5 Å². The van der Waals surface area contributed by atoms with Gasteiger partial charge in [0, 0.05) is 6.04 Å². The lowest BCUT2D eigenvalue weighted by atomic mass is 10.1. The Hall–Kier alpha value is -2.86. The molecule has 6 nitrogen and oxygen atoms in total. The monoisotopic (exact) mass is 357 g/mol. The maximum Gasteiger partial charge on any atom is 0.343 e. The van der Waals surface area contributed by atoms with Gasteiger partial charge < -0.3 is 19.9 Å². The molecule has 0 bridgehead atoms. The van der Waals surface area contributed by atoms with Gasteiger partial charge in [-0.15, -0.1) is 0 Å². The molecule has 6 heteroatoms. The van der Waals surface area contributed by atoms with E-state index in [2.05, 4.69) is 10.1 Å². The van der Waals surface area contributed by atoms with Gasteiger partial charge in [-0.2, -0.15) is 0 Å². The van der Waals surface area contributed by atoms with Crippen molar-refractivity contribution in [3.05, 3.63) is 65.7 Å². The largest absolute Gasteiger partial charge is 0.482 e. The summed E-state index contributed by atoms with van der Waals surface area (Å²) in [5.74, 6) is -0.306. The molecule has 0 aliphatic rings. The highest BCUT2D eigenvalue weighted by Gasteiger charge is 2.18. The normalized spacial score (nSPS) is 12.7. The standard InChI is InChI=1S/C20H23NO5/c1-14(21-20(24)19(23)16-6-4-3-5-7-16)12-15-8-10-17(11-9-15)26-13-18(22)25-2/h3-11,14,19,23H,12-13H2,1-2H3,(H,21,24)/t14-,19-/m1/s1. The molecule has 0 saturated carbocycles. The fourth-order valence-corrected chi connectivity index (χ4v) is 2.44. The van der Waals surface area contributed by atoms with Gasteiger partial charge in [0.1, 0.15) is 5.75 Å². The van der Waals surface area contributed by atoms with Crippen molar-refractivity contribution in [1.29, 1.82) is 0 Å².